The molecule has 0 nitrogen and oxygen atoms in total. The van der Waals surface area contributed by atoms with Gasteiger partial charge in [0, 0.05) is 0 Å². The first-order chi connectivity index (χ1) is 6.78. The van der Waals surface area contributed by atoms with Crippen LogP contribution >= 0.6 is 0 Å². The van der Waals surface area contributed by atoms with E-state index in [9.17, 15) is 17.6 Å². The van der Waals surface area contributed by atoms with Crippen LogP contribution in [0.25, 0.3) is 0 Å². The Bertz CT molecular complexity index is 321. The first-order valence-corrected chi connectivity index (χ1v) is 4.57. The van der Waals surface area contributed by atoms with Crippen LogP contribution in [0.2, 0.25) is 0 Å². The highest BCUT2D eigenvalue weighted by Crippen LogP contribution is 2.32. The molecule has 1 unspecified atom stereocenters. The number of hydrogen-bond donors (Lipinski definition) is 0. The minimum Gasteiger partial charge on any atom is -0.242 e. The van der Waals surface area contributed by atoms with Crippen LogP contribution in [-0.4, -0.2) is 6.18 Å². The molecule has 0 saturated carbocycles. The minimum atomic E-state index is -4.46. The molecule has 1 rings (SSSR count). The summed E-state index contributed by atoms with van der Waals surface area (Å²) in [7, 11) is 0. The Kier molecular flexibility index (Phi) is 3.37. The van der Waals surface area contributed by atoms with E-state index in [1.165, 1.54) is 12.1 Å². The van der Waals surface area contributed by atoms with E-state index in [-0.39, 0.29) is 5.56 Å². The molecule has 0 spiro atoms. The van der Waals surface area contributed by atoms with E-state index >= 15 is 0 Å². The fourth-order valence-corrected chi connectivity index (χ4v) is 1.51. The second-order valence-electron chi connectivity index (χ2n) is 3.71. The summed E-state index contributed by atoms with van der Waals surface area (Å²) in [4.78, 5) is 0. The van der Waals surface area contributed by atoms with E-state index in [0.717, 1.165) is 11.1 Å². The average Bonchev–Trinajstić information content (AvgIpc) is 1.98. The Hall–Kier alpha value is -1.06. The summed E-state index contributed by atoms with van der Waals surface area (Å²) >= 11 is 0. The normalized spacial score (nSPS) is 14.0. The van der Waals surface area contributed by atoms with Gasteiger partial charge in [0.2, 0.25) is 0 Å². The third-order valence-corrected chi connectivity index (χ3v) is 2.02. The summed E-state index contributed by atoms with van der Waals surface area (Å²) < 4.78 is 49.1. The maximum absolute atomic E-state index is 13.3. The largest absolute Gasteiger partial charge is 0.392 e. The van der Waals surface area contributed by atoms with E-state index in [1.807, 2.05) is 0 Å². The fourth-order valence-electron chi connectivity index (χ4n) is 1.51. The van der Waals surface area contributed by atoms with Gasteiger partial charge in [-0.3, -0.25) is 0 Å². The van der Waals surface area contributed by atoms with Crippen LogP contribution in [0, 0.1) is 13.8 Å². The highest BCUT2D eigenvalue weighted by molar-refractivity contribution is 5.30. The monoisotopic (exact) mass is 220 g/mol. The first kappa shape index (κ1) is 12.0. The Labute approximate surface area is 85.9 Å². The summed E-state index contributed by atoms with van der Waals surface area (Å²) in [6.07, 6.45) is -7.85. The molecule has 0 aromatic heterocycles. The van der Waals surface area contributed by atoms with Crippen molar-refractivity contribution in [3.63, 3.8) is 0 Å². The third kappa shape index (κ3) is 3.90. The Morgan fingerprint density at radius 2 is 1.53 bits per heavy atom. The maximum Gasteiger partial charge on any atom is 0.392 e. The average molecular weight is 220 g/mol. The van der Waals surface area contributed by atoms with Crippen molar-refractivity contribution in [1.29, 1.82) is 0 Å². The van der Waals surface area contributed by atoms with Crippen LogP contribution in [0.5, 0.6) is 0 Å². The lowest BCUT2D eigenvalue weighted by atomic mass is 10.0. The molecule has 0 aliphatic carbocycles. The Morgan fingerprint density at radius 1 is 1.07 bits per heavy atom. The summed E-state index contributed by atoms with van der Waals surface area (Å²) in [5.74, 6) is 0. The molecule has 0 radical (unpaired) electrons. The van der Waals surface area contributed by atoms with Crippen molar-refractivity contribution in [1.82, 2.24) is 0 Å². The van der Waals surface area contributed by atoms with Crippen LogP contribution in [0.1, 0.15) is 29.3 Å². The molecule has 0 N–H and O–H groups in total. The molecular weight excluding hydrogens is 208 g/mol. The van der Waals surface area contributed by atoms with Gasteiger partial charge in [-0.15, -0.1) is 0 Å². The molecule has 1 atom stereocenters. The molecule has 0 fully saturated rings. The third-order valence-electron chi connectivity index (χ3n) is 2.02. The molecule has 0 aliphatic heterocycles. The zero-order chi connectivity index (χ0) is 11.6. The summed E-state index contributed by atoms with van der Waals surface area (Å²) in [6.45, 7) is 3.47. The predicted octanol–water partition coefficient (Wildman–Crippen LogP) is 4.27. The van der Waals surface area contributed by atoms with Crippen LogP contribution in [-0.2, 0) is 0 Å². The van der Waals surface area contributed by atoms with Gasteiger partial charge in [0.25, 0.3) is 0 Å². The van der Waals surface area contributed by atoms with Gasteiger partial charge in [-0.25, -0.2) is 4.39 Å². The van der Waals surface area contributed by atoms with E-state index in [0.29, 0.717) is 0 Å². The molecule has 0 aliphatic rings. The number of hydrogen-bond acceptors (Lipinski definition) is 0. The molecule has 1 aromatic carbocycles. The van der Waals surface area contributed by atoms with Gasteiger partial charge in [0.15, 0.2) is 0 Å². The van der Waals surface area contributed by atoms with Crippen molar-refractivity contribution in [3.05, 3.63) is 34.9 Å². The van der Waals surface area contributed by atoms with Gasteiger partial charge in [-0.05, 0) is 19.4 Å². The highest BCUT2D eigenvalue weighted by atomic mass is 19.4. The molecule has 0 amide bonds. The van der Waals surface area contributed by atoms with E-state index < -0.39 is 18.8 Å². The number of halogens is 4. The number of rotatable bonds is 2. The number of aryl methyl sites for hydroxylation is 2. The van der Waals surface area contributed by atoms with Gasteiger partial charge in [0.1, 0.15) is 6.17 Å². The van der Waals surface area contributed by atoms with Crippen molar-refractivity contribution >= 4 is 0 Å². The van der Waals surface area contributed by atoms with Gasteiger partial charge >= 0.3 is 6.18 Å². The topological polar surface area (TPSA) is 0 Å². The summed E-state index contributed by atoms with van der Waals surface area (Å²) in [5, 5.41) is 0. The maximum atomic E-state index is 13.3. The lowest BCUT2D eigenvalue weighted by Gasteiger charge is -2.12. The van der Waals surface area contributed by atoms with Crippen molar-refractivity contribution in [2.75, 3.05) is 0 Å². The molecular formula is C11H12F4. The zero-order valence-corrected chi connectivity index (χ0v) is 8.53. The van der Waals surface area contributed by atoms with Crippen LogP contribution < -0.4 is 0 Å². The van der Waals surface area contributed by atoms with Gasteiger partial charge in [-0.1, -0.05) is 29.3 Å². The highest BCUT2D eigenvalue weighted by Gasteiger charge is 2.32. The Morgan fingerprint density at radius 3 is 1.93 bits per heavy atom. The molecule has 0 heterocycles. The van der Waals surface area contributed by atoms with Crippen molar-refractivity contribution in [2.24, 2.45) is 0 Å². The van der Waals surface area contributed by atoms with E-state index in [1.54, 1.807) is 19.9 Å². The minimum absolute atomic E-state index is 0.102. The lowest BCUT2D eigenvalue weighted by molar-refractivity contribution is -0.146. The Balaban J connectivity index is 2.86. The zero-order valence-electron chi connectivity index (χ0n) is 8.53. The molecule has 84 valence electrons. The van der Waals surface area contributed by atoms with Crippen molar-refractivity contribution < 1.29 is 17.6 Å². The van der Waals surface area contributed by atoms with Crippen LogP contribution in [0.4, 0.5) is 17.6 Å². The van der Waals surface area contributed by atoms with Crippen LogP contribution in [0.15, 0.2) is 18.2 Å². The summed E-state index contributed by atoms with van der Waals surface area (Å²) in [5.41, 5.74) is 1.65. The van der Waals surface area contributed by atoms with E-state index in [2.05, 4.69) is 0 Å². The number of alkyl halides is 4. The lowest BCUT2D eigenvalue weighted by Crippen LogP contribution is -2.11. The standard InChI is InChI=1S/C11H12F4/c1-7-3-8(2)5-9(4-7)10(12)6-11(13,14)15/h3-5,10H,6H2,1-2H3. The van der Waals surface area contributed by atoms with Crippen molar-refractivity contribution in [3.8, 4) is 0 Å². The van der Waals surface area contributed by atoms with Crippen LogP contribution in [0.3, 0.4) is 0 Å². The SMILES string of the molecule is Cc1cc(C)cc(C(F)CC(F)(F)F)c1. The molecule has 4 heteroatoms. The number of benzene rings is 1. The fraction of sp³-hybridized carbons (Fsp3) is 0.455. The van der Waals surface area contributed by atoms with E-state index in [4.69, 9.17) is 0 Å². The predicted molar refractivity (Wildman–Crippen MR) is 50.4 cm³/mol. The first-order valence-electron chi connectivity index (χ1n) is 4.57. The quantitative estimate of drug-likeness (QED) is 0.653. The summed E-state index contributed by atoms with van der Waals surface area (Å²) in [6, 6.07) is 4.69. The second-order valence-corrected chi connectivity index (χ2v) is 3.71. The molecule has 0 saturated heterocycles. The van der Waals surface area contributed by atoms with Gasteiger partial charge < -0.3 is 0 Å². The molecule has 0 bridgehead atoms. The second kappa shape index (κ2) is 4.21. The molecule has 1 aromatic rings. The van der Waals surface area contributed by atoms with Gasteiger partial charge in [-0.2, -0.15) is 13.2 Å². The van der Waals surface area contributed by atoms with Crippen molar-refractivity contribution in [2.45, 2.75) is 32.6 Å². The molecule has 15 heavy (non-hydrogen) atoms. The van der Waals surface area contributed by atoms with Gasteiger partial charge in [0.05, 0.1) is 6.42 Å². The smallest absolute Gasteiger partial charge is 0.242 e.